The summed E-state index contributed by atoms with van der Waals surface area (Å²) in [6.45, 7) is 0. The van der Waals surface area contributed by atoms with Gasteiger partial charge in [-0.3, -0.25) is 0 Å². The monoisotopic (exact) mass is 190 g/mol. The summed E-state index contributed by atoms with van der Waals surface area (Å²) in [7, 11) is 0. The maximum atomic E-state index is 5.79. The summed E-state index contributed by atoms with van der Waals surface area (Å²) < 4.78 is 0. The van der Waals surface area contributed by atoms with Crippen molar-refractivity contribution in [1.29, 1.82) is 0 Å². The first kappa shape index (κ1) is 8.13. The molecule has 0 atom stereocenters. The maximum Gasteiger partial charge on any atom is 0.0502 e. The van der Waals surface area contributed by atoms with Gasteiger partial charge >= 0.3 is 0 Å². The van der Waals surface area contributed by atoms with Gasteiger partial charge in [0.1, 0.15) is 0 Å². The fraction of sp³-hybridized carbons (Fsp3) is 0. The molecule has 0 fully saturated rings. The van der Waals surface area contributed by atoms with Crippen LogP contribution < -0.4 is 11.5 Å². The van der Waals surface area contributed by atoms with Gasteiger partial charge in [0.15, 0.2) is 0 Å². The van der Waals surface area contributed by atoms with E-state index < -0.39 is 0 Å². The molecule has 2 nitrogen and oxygen atoms in total. The lowest BCUT2D eigenvalue weighted by Gasteiger charge is -2.00. The number of nitrogen functional groups attached to an aromatic ring is 2. The number of nitrogens with two attached hydrogens (primary N) is 2. The largest absolute Gasteiger partial charge is 0.399 e. The number of hydrogen-bond acceptors (Lipinski definition) is 3. The minimum Gasteiger partial charge on any atom is -0.399 e. The van der Waals surface area contributed by atoms with Crippen LogP contribution in [0.1, 0.15) is 0 Å². The number of anilines is 2. The molecule has 0 saturated heterocycles. The molecule has 0 radical (unpaired) electrons. The van der Waals surface area contributed by atoms with E-state index in [-0.39, 0.29) is 0 Å². The third-order valence-electron chi connectivity index (χ3n) is 1.91. The molecule has 0 amide bonds. The Morgan fingerprint density at radius 3 is 2.15 bits per heavy atom. The average Bonchev–Trinajstić information content (AvgIpc) is 2.53. The third-order valence-corrected chi connectivity index (χ3v) is 2.68. The first-order chi connectivity index (χ1) is 6.27. The lowest BCUT2D eigenvalue weighted by Crippen LogP contribution is -1.86. The SMILES string of the molecule is Nc1ccc(-c2cscc2N)cc1. The molecule has 66 valence electrons. The van der Waals surface area contributed by atoms with Crippen LogP contribution in [0.4, 0.5) is 11.4 Å². The van der Waals surface area contributed by atoms with Gasteiger partial charge in [0, 0.05) is 22.0 Å². The van der Waals surface area contributed by atoms with E-state index in [1.165, 1.54) is 0 Å². The predicted molar refractivity (Wildman–Crippen MR) is 58.6 cm³/mol. The lowest BCUT2D eigenvalue weighted by atomic mass is 10.1. The Morgan fingerprint density at radius 2 is 1.62 bits per heavy atom. The second-order valence-electron chi connectivity index (χ2n) is 2.86. The molecule has 1 aromatic heterocycles. The van der Waals surface area contributed by atoms with Gasteiger partial charge in [0.25, 0.3) is 0 Å². The topological polar surface area (TPSA) is 52.0 Å². The van der Waals surface area contributed by atoms with Crippen LogP contribution in [0.5, 0.6) is 0 Å². The molecule has 1 aromatic carbocycles. The standard InChI is InChI=1S/C10H10N2S/c11-8-3-1-7(2-4-8)9-5-13-6-10(9)12/h1-6H,11-12H2. The van der Waals surface area contributed by atoms with Crippen molar-refractivity contribution in [3.8, 4) is 11.1 Å². The van der Waals surface area contributed by atoms with Crippen molar-refractivity contribution in [2.45, 2.75) is 0 Å². The Balaban J connectivity index is 2.47. The van der Waals surface area contributed by atoms with E-state index >= 15 is 0 Å². The molecule has 0 aliphatic rings. The van der Waals surface area contributed by atoms with Crippen molar-refractivity contribution in [2.24, 2.45) is 0 Å². The van der Waals surface area contributed by atoms with Crippen LogP contribution >= 0.6 is 11.3 Å². The zero-order valence-electron chi connectivity index (χ0n) is 7.03. The van der Waals surface area contributed by atoms with Crippen molar-refractivity contribution in [2.75, 3.05) is 11.5 Å². The van der Waals surface area contributed by atoms with Gasteiger partial charge < -0.3 is 11.5 Å². The number of thiophene rings is 1. The molecule has 3 heteroatoms. The van der Waals surface area contributed by atoms with Crippen LogP contribution in [0, 0.1) is 0 Å². The summed E-state index contributed by atoms with van der Waals surface area (Å²) >= 11 is 1.61. The first-order valence-corrected chi connectivity index (χ1v) is 4.89. The lowest BCUT2D eigenvalue weighted by molar-refractivity contribution is 1.65. The van der Waals surface area contributed by atoms with E-state index in [9.17, 15) is 0 Å². The Hall–Kier alpha value is -1.48. The zero-order chi connectivity index (χ0) is 9.26. The highest BCUT2D eigenvalue weighted by molar-refractivity contribution is 7.08. The highest BCUT2D eigenvalue weighted by atomic mass is 32.1. The summed E-state index contributed by atoms with van der Waals surface area (Å²) in [4.78, 5) is 0. The normalized spacial score (nSPS) is 10.2. The number of hydrogen-bond donors (Lipinski definition) is 2. The zero-order valence-corrected chi connectivity index (χ0v) is 7.84. The van der Waals surface area contributed by atoms with Crippen molar-refractivity contribution in [3.63, 3.8) is 0 Å². The minimum absolute atomic E-state index is 0.776. The van der Waals surface area contributed by atoms with Gasteiger partial charge in [-0.1, -0.05) is 12.1 Å². The van der Waals surface area contributed by atoms with Crippen molar-refractivity contribution >= 4 is 22.7 Å². The molecule has 13 heavy (non-hydrogen) atoms. The van der Waals surface area contributed by atoms with Crippen molar-refractivity contribution < 1.29 is 0 Å². The van der Waals surface area contributed by atoms with Crippen LogP contribution in [0.15, 0.2) is 35.0 Å². The van der Waals surface area contributed by atoms with E-state index in [0.29, 0.717) is 0 Å². The first-order valence-electron chi connectivity index (χ1n) is 3.95. The van der Waals surface area contributed by atoms with Crippen molar-refractivity contribution in [1.82, 2.24) is 0 Å². The predicted octanol–water partition coefficient (Wildman–Crippen LogP) is 2.58. The van der Waals surface area contributed by atoms with Gasteiger partial charge in [-0.2, -0.15) is 0 Å². The Labute approximate surface area is 80.8 Å². The fourth-order valence-electron chi connectivity index (χ4n) is 1.20. The van der Waals surface area contributed by atoms with E-state index in [1.807, 2.05) is 35.0 Å². The summed E-state index contributed by atoms with van der Waals surface area (Å²) in [5.74, 6) is 0. The molecule has 4 N–H and O–H groups in total. The summed E-state index contributed by atoms with van der Waals surface area (Å²) in [5, 5.41) is 3.98. The minimum atomic E-state index is 0.776. The highest BCUT2D eigenvalue weighted by Gasteiger charge is 2.01. The van der Waals surface area contributed by atoms with Gasteiger partial charge in [-0.15, -0.1) is 11.3 Å². The second-order valence-corrected chi connectivity index (χ2v) is 3.61. The molecule has 0 spiro atoms. The third kappa shape index (κ3) is 1.51. The molecule has 2 rings (SSSR count). The van der Waals surface area contributed by atoms with Crippen LogP contribution in [-0.2, 0) is 0 Å². The van der Waals surface area contributed by atoms with E-state index in [2.05, 4.69) is 0 Å². The van der Waals surface area contributed by atoms with Gasteiger partial charge in [0.2, 0.25) is 0 Å². The van der Waals surface area contributed by atoms with E-state index in [1.54, 1.807) is 11.3 Å². The summed E-state index contributed by atoms with van der Waals surface area (Å²) in [6.07, 6.45) is 0. The Kier molecular flexibility index (Phi) is 1.94. The van der Waals surface area contributed by atoms with Crippen molar-refractivity contribution in [3.05, 3.63) is 35.0 Å². The van der Waals surface area contributed by atoms with Crippen LogP contribution in [-0.4, -0.2) is 0 Å². The van der Waals surface area contributed by atoms with Crippen LogP contribution in [0.3, 0.4) is 0 Å². The maximum absolute atomic E-state index is 5.79. The Morgan fingerprint density at radius 1 is 0.923 bits per heavy atom. The molecule has 0 aliphatic carbocycles. The quantitative estimate of drug-likeness (QED) is 0.679. The van der Waals surface area contributed by atoms with Crippen LogP contribution in [0.25, 0.3) is 11.1 Å². The number of benzene rings is 1. The highest BCUT2D eigenvalue weighted by Crippen LogP contribution is 2.29. The average molecular weight is 190 g/mol. The Bertz CT molecular complexity index is 403. The summed E-state index contributed by atoms with van der Waals surface area (Å²) in [5.41, 5.74) is 15.2. The molecular weight excluding hydrogens is 180 g/mol. The smallest absolute Gasteiger partial charge is 0.0502 e. The molecule has 0 saturated carbocycles. The van der Waals surface area contributed by atoms with E-state index in [4.69, 9.17) is 11.5 Å². The molecule has 2 aromatic rings. The molecule has 0 unspecified atom stereocenters. The molecule has 1 heterocycles. The van der Waals surface area contributed by atoms with Gasteiger partial charge in [-0.25, -0.2) is 0 Å². The number of rotatable bonds is 1. The molecule has 0 bridgehead atoms. The fourth-order valence-corrected chi connectivity index (χ4v) is 1.95. The van der Waals surface area contributed by atoms with E-state index in [0.717, 1.165) is 22.5 Å². The summed E-state index contributed by atoms with van der Waals surface area (Å²) in [6, 6.07) is 7.72. The second kappa shape index (κ2) is 3.11. The molecule has 0 aliphatic heterocycles. The molecular formula is C10H10N2S. The van der Waals surface area contributed by atoms with Crippen LogP contribution in [0.2, 0.25) is 0 Å². The van der Waals surface area contributed by atoms with Gasteiger partial charge in [-0.05, 0) is 17.7 Å². The van der Waals surface area contributed by atoms with Gasteiger partial charge in [0.05, 0.1) is 5.69 Å².